The van der Waals surface area contributed by atoms with Gasteiger partial charge >= 0.3 is 0 Å². The molecule has 3 unspecified atom stereocenters. The summed E-state index contributed by atoms with van der Waals surface area (Å²) in [6.07, 6.45) is 0.909. The minimum Gasteiger partial charge on any atom is -0.392 e. The van der Waals surface area contributed by atoms with Gasteiger partial charge in [0.1, 0.15) is 5.82 Å². The van der Waals surface area contributed by atoms with Crippen LogP contribution in [0.25, 0.3) is 0 Å². The zero-order valence-corrected chi connectivity index (χ0v) is 12.6. The smallest absolute Gasteiger partial charge is 0.183 e. The molecule has 1 saturated carbocycles. The molecule has 1 N–H and O–H groups in total. The maximum atomic E-state index is 13.2. The van der Waals surface area contributed by atoms with Gasteiger partial charge in [-0.25, -0.2) is 12.8 Å². The van der Waals surface area contributed by atoms with Gasteiger partial charge < -0.3 is 5.11 Å². The molecule has 0 aromatic heterocycles. The second-order valence-electron chi connectivity index (χ2n) is 5.93. The minimum absolute atomic E-state index is 0.0362. The van der Waals surface area contributed by atoms with Gasteiger partial charge in [-0.3, -0.25) is 0 Å². The Kier molecular flexibility index (Phi) is 4.49. The van der Waals surface area contributed by atoms with E-state index in [0.29, 0.717) is 18.8 Å². The zero-order valence-electron chi connectivity index (χ0n) is 11.8. The molecule has 0 radical (unpaired) electrons. The van der Waals surface area contributed by atoms with E-state index in [-0.39, 0.29) is 10.8 Å². The summed E-state index contributed by atoms with van der Waals surface area (Å²) in [6, 6.07) is 5.02. The van der Waals surface area contributed by atoms with Crippen LogP contribution in [0.4, 0.5) is 4.39 Å². The highest BCUT2D eigenvalue weighted by Crippen LogP contribution is 2.35. The maximum Gasteiger partial charge on any atom is 0.183 e. The van der Waals surface area contributed by atoms with Gasteiger partial charge in [-0.1, -0.05) is 19.9 Å². The fourth-order valence-corrected chi connectivity index (χ4v) is 4.85. The fourth-order valence-electron chi connectivity index (χ4n) is 2.90. The molecule has 3 atom stereocenters. The van der Waals surface area contributed by atoms with E-state index in [0.717, 1.165) is 12.5 Å². The normalized spacial score (nSPS) is 27.8. The van der Waals surface area contributed by atoms with Crippen LogP contribution in [0.3, 0.4) is 0 Å². The van der Waals surface area contributed by atoms with Crippen LogP contribution >= 0.6 is 0 Å². The first kappa shape index (κ1) is 15.4. The van der Waals surface area contributed by atoms with Crippen molar-refractivity contribution < 1.29 is 17.9 Å². The summed E-state index contributed by atoms with van der Waals surface area (Å²) >= 11 is 0. The highest BCUT2D eigenvalue weighted by Gasteiger charge is 2.39. The molecule has 1 aliphatic rings. The molecule has 1 fully saturated rings. The number of benzene rings is 1. The monoisotopic (exact) mass is 300 g/mol. The molecule has 1 aliphatic carbocycles. The summed E-state index contributed by atoms with van der Waals surface area (Å²) in [5.41, 5.74) is 0. The molecular weight excluding hydrogens is 279 g/mol. The Labute approximate surface area is 119 Å². The van der Waals surface area contributed by atoms with Crippen molar-refractivity contribution >= 4 is 9.84 Å². The molecule has 1 aromatic carbocycles. The number of sulfone groups is 1. The average molecular weight is 300 g/mol. The van der Waals surface area contributed by atoms with E-state index in [1.807, 2.05) is 0 Å². The predicted molar refractivity (Wildman–Crippen MR) is 75.6 cm³/mol. The van der Waals surface area contributed by atoms with Gasteiger partial charge in [0.2, 0.25) is 0 Å². The minimum atomic E-state index is -3.69. The molecule has 0 aliphatic heterocycles. The molecule has 1 aromatic rings. The Morgan fingerprint density at radius 2 is 2.00 bits per heavy atom. The van der Waals surface area contributed by atoms with Crippen LogP contribution in [0.5, 0.6) is 0 Å². The first-order valence-electron chi connectivity index (χ1n) is 7.00. The first-order chi connectivity index (χ1) is 9.32. The van der Waals surface area contributed by atoms with Gasteiger partial charge in [-0.15, -0.1) is 0 Å². The van der Waals surface area contributed by atoms with E-state index >= 15 is 0 Å². The molecule has 0 bridgehead atoms. The third kappa shape index (κ3) is 3.04. The molecule has 20 heavy (non-hydrogen) atoms. The van der Waals surface area contributed by atoms with E-state index in [4.69, 9.17) is 0 Å². The van der Waals surface area contributed by atoms with E-state index in [1.165, 1.54) is 18.2 Å². The van der Waals surface area contributed by atoms with Crippen molar-refractivity contribution in [3.8, 4) is 0 Å². The second kappa shape index (κ2) is 5.82. The van der Waals surface area contributed by atoms with Crippen LogP contribution in [-0.2, 0) is 9.84 Å². The van der Waals surface area contributed by atoms with E-state index in [9.17, 15) is 17.9 Å². The molecule has 0 spiro atoms. The van der Waals surface area contributed by atoms with Crippen LogP contribution in [0.2, 0.25) is 0 Å². The van der Waals surface area contributed by atoms with Crippen LogP contribution in [0.15, 0.2) is 29.2 Å². The summed E-state index contributed by atoms with van der Waals surface area (Å²) < 4.78 is 38.4. The second-order valence-corrected chi connectivity index (χ2v) is 8.09. The standard InChI is InChI=1S/C15H21FO3S/c1-10(2)11-6-7-14(17)15(8-11)20(18,19)13-5-3-4-12(16)9-13/h3-5,9-11,14-15,17H,6-8H2,1-2H3. The van der Waals surface area contributed by atoms with E-state index < -0.39 is 27.0 Å². The molecule has 0 heterocycles. The van der Waals surface area contributed by atoms with Crippen molar-refractivity contribution in [2.45, 2.75) is 49.4 Å². The van der Waals surface area contributed by atoms with Gasteiger partial charge in [0.25, 0.3) is 0 Å². The Bertz CT molecular complexity index is 568. The summed E-state index contributed by atoms with van der Waals surface area (Å²) in [5.74, 6) is 0.0937. The average Bonchev–Trinajstić information content (AvgIpc) is 2.38. The number of aliphatic hydroxyl groups is 1. The third-order valence-electron chi connectivity index (χ3n) is 4.26. The Balaban J connectivity index is 2.32. The number of halogens is 1. The Hall–Kier alpha value is -0.940. The largest absolute Gasteiger partial charge is 0.392 e. The van der Waals surface area contributed by atoms with Crippen molar-refractivity contribution in [3.05, 3.63) is 30.1 Å². The van der Waals surface area contributed by atoms with Gasteiger partial charge in [0, 0.05) is 0 Å². The van der Waals surface area contributed by atoms with Gasteiger partial charge in [0.15, 0.2) is 9.84 Å². The lowest BCUT2D eigenvalue weighted by Crippen LogP contribution is -2.41. The van der Waals surface area contributed by atoms with Gasteiger partial charge in [0.05, 0.1) is 16.2 Å². The van der Waals surface area contributed by atoms with E-state index in [2.05, 4.69) is 13.8 Å². The fraction of sp³-hybridized carbons (Fsp3) is 0.600. The first-order valence-corrected chi connectivity index (χ1v) is 8.54. The summed E-state index contributed by atoms with van der Waals surface area (Å²) in [4.78, 5) is -0.0362. The van der Waals surface area contributed by atoms with Crippen molar-refractivity contribution in [1.82, 2.24) is 0 Å². The quantitative estimate of drug-likeness (QED) is 0.934. The van der Waals surface area contributed by atoms with Gasteiger partial charge in [-0.05, 0) is 49.3 Å². The molecule has 112 valence electrons. The predicted octanol–water partition coefficient (Wildman–Crippen LogP) is 2.79. The van der Waals surface area contributed by atoms with Crippen molar-refractivity contribution in [3.63, 3.8) is 0 Å². The Morgan fingerprint density at radius 3 is 2.60 bits per heavy atom. The molecule has 2 rings (SSSR count). The lowest BCUT2D eigenvalue weighted by atomic mass is 9.80. The number of hydrogen-bond donors (Lipinski definition) is 1. The highest BCUT2D eigenvalue weighted by molar-refractivity contribution is 7.92. The molecular formula is C15H21FO3S. The van der Waals surface area contributed by atoms with E-state index in [1.54, 1.807) is 0 Å². The molecule has 0 saturated heterocycles. The van der Waals surface area contributed by atoms with Gasteiger partial charge in [-0.2, -0.15) is 0 Å². The van der Waals surface area contributed by atoms with Crippen LogP contribution in [0.1, 0.15) is 33.1 Å². The van der Waals surface area contributed by atoms with Crippen molar-refractivity contribution in [1.29, 1.82) is 0 Å². The maximum absolute atomic E-state index is 13.2. The highest BCUT2D eigenvalue weighted by atomic mass is 32.2. The van der Waals surface area contributed by atoms with Crippen LogP contribution < -0.4 is 0 Å². The number of hydrogen-bond acceptors (Lipinski definition) is 3. The molecule has 3 nitrogen and oxygen atoms in total. The van der Waals surface area contributed by atoms with Crippen molar-refractivity contribution in [2.24, 2.45) is 11.8 Å². The van der Waals surface area contributed by atoms with Crippen LogP contribution in [-0.4, -0.2) is 24.9 Å². The lowest BCUT2D eigenvalue weighted by molar-refractivity contribution is 0.0997. The summed E-state index contributed by atoms with van der Waals surface area (Å²) in [5, 5.41) is 9.23. The number of aliphatic hydroxyl groups excluding tert-OH is 1. The van der Waals surface area contributed by atoms with Crippen LogP contribution in [0, 0.1) is 17.7 Å². The number of rotatable bonds is 3. The molecule has 5 heteroatoms. The lowest BCUT2D eigenvalue weighted by Gasteiger charge is -2.34. The third-order valence-corrected chi connectivity index (χ3v) is 6.48. The van der Waals surface area contributed by atoms with Crippen molar-refractivity contribution in [2.75, 3.05) is 0 Å². The Morgan fingerprint density at radius 1 is 1.30 bits per heavy atom. The topological polar surface area (TPSA) is 54.4 Å². The zero-order chi connectivity index (χ0) is 14.9. The summed E-state index contributed by atoms with van der Waals surface area (Å²) in [7, 11) is -3.69. The SMILES string of the molecule is CC(C)C1CCC(O)C(S(=O)(=O)c2cccc(F)c2)C1. The summed E-state index contributed by atoms with van der Waals surface area (Å²) in [6.45, 7) is 4.13. The molecule has 0 amide bonds.